The first-order chi connectivity index (χ1) is 15.4. The molecule has 2 aromatic rings. The van der Waals surface area contributed by atoms with Crippen LogP contribution in [0.2, 0.25) is 0 Å². The van der Waals surface area contributed by atoms with E-state index >= 15 is 0 Å². The first kappa shape index (κ1) is 21.8. The van der Waals surface area contributed by atoms with Crippen LogP contribution in [0.15, 0.2) is 29.0 Å². The average Bonchev–Trinajstić information content (AvgIpc) is 3.08. The number of fused-ring (bicyclic) bond motifs is 4. The number of likely N-dealkylation sites (tertiary alicyclic amines) is 1. The van der Waals surface area contributed by atoms with Gasteiger partial charge in [0.2, 0.25) is 11.7 Å². The van der Waals surface area contributed by atoms with Crippen molar-refractivity contribution in [1.29, 1.82) is 0 Å². The summed E-state index contributed by atoms with van der Waals surface area (Å²) in [6.45, 7) is 2.68. The van der Waals surface area contributed by atoms with Crippen LogP contribution >= 0.6 is 0 Å². The van der Waals surface area contributed by atoms with Gasteiger partial charge in [0.15, 0.2) is 6.39 Å². The van der Waals surface area contributed by atoms with E-state index in [1.54, 1.807) is 6.92 Å². The summed E-state index contributed by atoms with van der Waals surface area (Å²) >= 11 is 0. The molecule has 4 rings (SSSR count). The Kier molecular flexibility index (Phi) is 6.38. The molecule has 3 amide bonds. The van der Waals surface area contributed by atoms with Crippen LogP contribution in [-0.4, -0.2) is 59.9 Å². The van der Waals surface area contributed by atoms with Gasteiger partial charge in [-0.05, 0) is 44.4 Å². The number of nitrogens with one attached hydrogen (secondary N) is 2. The van der Waals surface area contributed by atoms with Gasteiger partial charge >= 0.3 is 0 Å². The summed E-state index contributed by atoms with van der Waals surface area (Å²) in [6.07, 6.45) is 2.68. The summed E-state index contributed by atoms with van der Waals surface area (Å²) in [6, 6.07) is 3.35. The number of hydrogen-bond acceptors (Lipinski definition) is 6. The maximum Gasteiger partial charge on any atom is 0.291 e. The van der Waals surface area contributed by atoms with E-state index in [1.165, 1.54) is 23.4 Å². The number of amides is 3. The van der Waals surface area contributed by atoms with Crippen LogP contribution in [0.3, 0.4) is 0 Å². The van der Waals surface area contributed by atoms with Gasteiger partial charge in [0.05, 0.1) is 23.8 Å². The lowest BCUT2D eigenvalue weighted by molar-refractivity contribution is -0.125. The lowest BCUT2D eigenvalue weighted by Crippen LogP contribution is -2.46. The Labute approximate surface area is 184 Å². The van der Waals surface area contributed by atoms with Gasteiger partial charge in [-0.25, -0.2) is 9.37 Å². The van der Waals surface area contributed by atoms with Crippen LogP contribution in [0.4, 0.5) is 4.39 Å². The molecular weight excluding hydrogens is 419 g/mol. The zero-order valence-electron chi connectivity index (χ0n) is 17.7. The van der Waals surface area contributed by atoms with Crippen molar-refractivity contribution >= 4 is 17.7 Å². The van der Waals surface area contributed by atoms with Crippen molar-refractivity contribution in [3.8, 4) is 5.75 Å². The third-order valence-electron chi connectivity index (χ3n) is 5.74. The van der Waals surface area contributed by atoms with Crippen molar-refractivity contribution in [2.75, 3.05) is 26.2 Å². The Balaban J connectivity index is 1.64. The number of carbonyl (C=O) groups is 3. The molecule has 0 unspecified atom stereocenters. The van der Waals surface area contributed by atoms with Gasteiger partial charge in [-0.2, -0.15) is 0 Å². The largest absolute Gasteiger partial charge is 0.493 e. The molecule has 2 aliphatic heterocycles. The van der Waals surface area contributed by atoms with Crippen LogP contribution in [-0.2, 0) is 4.79 Å². The number of nitrogens with zero attached hydrogens (tertiary/aromatic N) is 2. The third-order valence-corrected chi connectivity index (χ3v) is 5.74. The Bertz CT molecular complexity index is 1020. The topological polar surface area (TPSA) is 114 Å². The molecule has 2 N–H and O–H groups in total. The summed E-state index contributed by atoms with van der Waals surface area (Å²) in [5.74, 6) is -1.64. The lowest BCUT2D eigenvalue weighted by atomic mass is 10.0. The van der Waals surface area contributed by atoms with Gasteiger partial charge in [0.25, 0.3) is 11.8 Å². The van der Waals surface area contributed by atoms with E-state index in [-0.39, 0.29) is 42.7 Å². The van der Waals surface area contributed by atoms with Crippen molar-refractivity contribution in [2.24, 2.45) is 5.92 Å². The summed E-state index contributed by atoms with van der Waals surface area (Å²) < 4.78 is 24.8. The Morgan fingerprint density at radius 3 is 2.88 bits per heavy atom. The maximum atomic E-state index is 13.9. The fourth-order valence-electron chi connectivity index (χ4n) is 4.02. The second-order valence-corrected chi connectivity index (χ2v) is 8.06. The molecule has 9 nitrogen and oxygen atoms in total. The molecule has 0 radical (unpaired) electrons. The highest BCUT2D eigenvalue weighted by Gasteiger charge is 2.34. The second kappa shape index (κ2) is 9.37. The van der Waals surface area contributed by atoms with E-state index in [9.17, 15) is 18.8 Å². The van der Waals surface area contributed by atoms with Gasteiger partial charge in [0.1, 0.15) is 11.6 Å². The lowest BCUT2D eigenvalue weighted by Gasteiger charge is -2.26. The summed E-state index contributed by atoms with van der Waals surface area (Å²) in [7, 11) is 0. The second-order valence-electron chi connectivity index (χ2n) is 8.06. The highest BCUT2D eigenvalue weighted by Crippen LogP contribution is 2.23. The molecular formula is C22H25FN4O5. The van der Waals surface area contributed by atoms with E-state index in [0.717, 1.165) is 6.07 Å². The van der Waals surface area contributed by atoms with Gasteiger partial charge in [0, 0.05) is 25.7 Å². The average molecular weight is 444 g/mol. The van der Waals surface area contributed by atoms with E-state index in [2.05, 4.69) is 15.6 Å². The molecule has 1 saturated heterocycles. The standard InChI is InChI=1S/C22H25FN4O5/c1-13-19(32-12-25-13)22(30)27-10-14-3-5-16(11-27)26-21(29)17-9-15(23)4-6-18(17)31-8-2-7-24-20(14)28/h4,6,9,12,14,16H,2-3,5,7-8,10-11H2,1H3,(H,24,28)(H,26,29)/t14-,16+/m0/s1. The highest BCUT2D eigenvalue weighted by molar-refractivity contribution is 5.97. The quantitative estimate of drug-likeness (QED) is 0.692. The van der Waals surface area contributed by atoms with Crippen LogP contribution in [0.1, 0.15) is 45.9 Å². The predicted octanol–water partition coefficient (Wildman–Crippen LogP) is 1.67. The fraction of sp³-hybridized carbons (Fsp3) is 0.455. The Hall–Kier alpha value is -3.43. The van der Waals surface area contributed by atoms with Crippen molar-refractivity contribution in [3.05, 3.63) is 47.4 Å². The van der Waals surface area contributed by atoms with Gasteiger partial charge < -0.3 is 24.7 Å². The van der Waals surface area contributed by atoms with Crippen LogP contribution < -0.4 is 15.4 Å². The molecule has 2 aliphatic rings. The first-order valence-electron chi connectivity index (χ1n) is 10.6. The zero-order chi connectivity index (χ0) is 22.7. The number of ether oxygens (including phenoxy) is 1. The van der Waals surface area contributed by atoms with Crippen LogP contribution in [0.25, 0.3) is 0 Å². The van der Waals surface area contributed by atoms with E-state index in [1.807, 2.05) is 0 Å². The van der Waals surface area contributed by atoms with Crippen LogP contribution in [0, 0.1) is 18.7 Å². The van der Waals surface area contributed by atoms with Crippen molar-refractivity contribution in [3.63, 3.8) is 0 Å². The minimum atomic E-state index is -0.547. The van der Waals surface area contributed by atoms with Gasteiger partial charge in [-0.1, -0.05) is 0 Å². The number of benzene rings is 1. The SMILES string of the molecule is Cc1ncoc1C(=O)N1C[C@H]2CC[C@@H](C1)C(=O)NCCCOc1ccc(F)cc1C(=O)N2. The minimum absolute atomic E-state index is 0.0934. The molecule has 10 heteroatoms. The first-order valence-corrected chi connectivity index (χ1v) is 10.6. The zero-order valence-corrected chi connectivity index (χ0v) is 17.7. The molecule has 1 aromatic heterocycles. The summed E-state index contributed by atoms with van der Waals surface area (Å²) in [4.78, 5) is 44.3. The molecule has 3 heterocycles. The monoisotopic (exact) mass is 444 g/mol. The molecule has 1 aromatic carbocycles. The van der Waals surface area contributed by atoms with Gasteiger partial charge in [-0.3, -0.25) is 14.4 Å². The molecule has 2 atom stereocenters. The third kappa shape index (κ3) is 4.74. The highest BCUT2D eigenvalue weighted by atomic mass is 19.1. The summed E-state index contributed by atoms with van der Waals surface area (Å²) in [5, 5.41) is 5.78. The molecule has 32 heavy (non-hydrogen) atoms. The number of rotatable bonds is 1. The fourth-order valence-corrected chi connectivity index (χ4v) is 4.02. The minimum Gasteiger partial charge on any atom is -0.493 e. The number of halogens is 1. The molecule has 1 fully saturated rings. The van der Waals surface area contributed by atoms with E-state index < -0.39 is 29.6 Å². The number of hydrogen-bond donors (Lipinski definition) is 2. The molecule has 170 valence electrons. The number of carbonyl (C=O) groups excluding carboxylic acids is 3. The molecule has 0 aliphatic carbocycles. The molecule has 0 saturated carbocycles. The number of aryl methyl sites for hydroxylation is 1. The molecule has 2 bridgehead atoms. The van der Waals surface area contributed by atoms with E-state index in [4.69, 9.17) is 9.15 Å². The smallest absolute Gasteiger partial charge is 0.291 e. The number of aromatic nitrogens is 1. The van der Waals surface area contributed by atoms with Crippen molar-refractivity contribution in [1.82, 2.24) is 20.5 Å². The maximum absolute atomic E-state index is 13.9. The Morgan fingerprint density at radius 1 is 1.25 bits per heavy atom. The van der Waals surface area contributed by atoms with E-state index in [0.29, 0.717) is 31.5 Å². The predicted molar refractivity (Wildman–Crippen MR) is 111 cm³/mol. The molecule has 0 spiro atoms. The summed E-state index contributed by atoms with van der Waals surface area (Å²) in [5.41, 5.74) is 0.545. The normalized spacial score (nSPS) is 22.1. The Morgan fingerprint density at radius 2 is 2.09 bits per heavy atom. The number of oxazole rings is 1. The van der Waals surface area contributed by atoms with Gasteiger partial charge in [-0.15, -0.1) is 0 Å². The van der Waals surface area contributed by atoms with Crippen LogP contribution in [0.5, 0.6) is 5.75 Å². The van der Waals surface area contributed by atoms with Crippen molar-refractivity contribution < 1.29 is 27.9 Å². The van der Waals surface area contributed by atoms with Crippen molar-refractivity contribution in [2.45, 2.75) is 32.2 Å².